The summed E-state index contributed by atoms with van der Waals surface area (Å²) < 4.78 is 40.2. The molecule has 3 N–H and O–H groups in total. The topological polar surface area (TPSA) is 71.1 Å². The molecule has 0 atom stereocenters. The maximum Gasteiger partial charge on any atom is 0.411 e. The molecule has 0 aromatic heterocycles. The molecule has 1 aromatic carbocycles. The van der Waals surface area contributed by atoms with Crippen molar-refractivity contribution in [1.29, 1.82) is 0 Å². The number of oxime groups is 1. The first-order valence-corrected chi connectivity index (χ1v) is 6.27. The van der Waals surface area contributed by atoms with Crippen molar-refractivity contribution >= 4 is 11.5 Å². The van der Waals surface area contributed by atoms with Gasteiger partial charge in [0.05, 0.1) is 0 Å². The normalized spacial score (nSPS) is 12.5. The number of benzene rings is 1. The Kier molecular flexibility index (Phi) is 6.29. The van der Waals surface area contributed by atoms with Gasteiger partial charge in [0, 0.05) is 31.5 Å². The van der Waals surface area contributed by atoms with E-state index in [1.54, 1.807) is 31.3 Å². The molecule has 1 aromatic rings. The molecular formula is C13H18F3N3O2. The number of nitrogens with zero attached hydrogens (tertiary/aromatic N) is 2. The first kappa shape index (κ1) is 17.1. The summed E-state index contributed by atoms with van der Waals surface area (Å²) in [5, 5.41) is 11.7. The van der Waals surface area contributed by atoms with Gasteiger partial charge >= 0.3 is 6.18 Å². The van der Waals surface area contributed by atoms with E-state index in [9.17, 15) is 13.2 Å². The van der Waals surface area contributed by atoms with Crippen molar-refractivity contribution in [3.63, 3.8) is 0 Å². The number of halogens is 3. The zero-order chi connectivity index (χ0) is 15.9. The van der Waals surface area contributed by atoms with E-state index in [1.165, 1.54) is 0 Å². The molecule has 0 aliphatic heterocycles. The monoisotopic (exact) mass is 305 g/mol. The standard InChI is InChI=1S/C13H18F3N3O2/c1-19(7-4-8-21-9-13(14,15)16)11-6-3-2-5-10(11)12(17)18-20/h2-3,5-6,20H,4,7-9H2,1H3,(H2,17,18). The Morgan fingerprint density at radius 2 is 2.05 bits per heavy atom. The van der Waals surface area contributed by atoms with Crippen molar-refractivity contribution < 1.29 is 23.1 Å². The van der Waals surface area contributed by atoms with Crippen molar-refractivity contribution in [2.45, 2.75) is 12.6 Å². The van der Waals surface area contributed by atoms with Gasteiger partial charge < -0.3 is 20.6 Å². The molecule has 0 aliphatic carbocycles. The first-order chi connectivity index (χ1) is 9.85. The molecule has 0 amide bonds. The zero-order valence-electron chi connectivity index (χ0n) is 11.6. The third-order valence-corrected chi connectivity index (χ3v) is 2.75. The molecule has 0 saturated carbocycles. The molecule has 8 heteroatoms. The number of hydrogen-bond acceptors (Lipinski definition) is 4. The van der Waals surface area contributed by atoms with E-state index in [0.29, 0.717) is 18.5 Å². The number of nitrogens with two attached hydrogens (primary N) is 1. The predicted molar refractivity (Wildman–Crippen MR) is 73.7 cm³/mol. The molecule has 1 rings (SSSR count). The molecule has 0 heterocycles. The molecule has 0 saturated heterocycles. The number of para-hydroxylation sites is 1. The highest BCUT2D eigenvalue weighted by Gasteiger charge is 2.27. The second-order valence-corrected chi connectivity index (χ2v) is 4.45. The van der Waals surface area contributed by atoms with Crippen LogP contribution in [0, 0.1) is 0 Å². The van der Waals surface area contributed by atoms with Crippen LogP contribution in [0.1, 0.15) is 12.0 Å². The number of rotatable bonds is 7. The van der Waals surface area contributed by atoms with E-state index in [1.807, 2.05) is 4.90 Å². The smallest absolute Gasteiger partial charge is 0.409 e. The minimum atomic E-state index is -4.30. The Hall–Kier alpha value is -1.96. The van der Waals surface area contributed by atoms with Crippen LogP contribution in [0.5, 0.6) is 0 Å². The third kappa shape index (κ3) is 5.90. The Labute approximate surface area is 120 Å². The fourth-order valence-electron chi connectivity index (χ4n) is 1.79. The molecular weight excluding hydrogens is 287 g/mol. The largest absolute Gasteiger partial charge is 0.411 e. The molecule has 0 radical (unpaired) electrons. The van der Waals surface area contributed by atoms with Crippen LogP contribution in [0.2, 0.25) is 0 Å². The van der Waals surface area contributed by atoms with Gasteiger partial charge in [-0.1, -0.05) is 17.3 Å². The lowest BCUT2D eigenvalue weighted by molar-refractivity contribution is -0.173. The molecule has 0 bridgehead atoms. The number of alkyl halides is 3. The average molecular weight is 305 g/mol. The van der Waals surface area contributed by atoms with Gasteiger partial charge in [-0.25, -0.2) is 0 Å². The summed E-state index contributed by atoms with van der Waals surface area (Å²) in [7, 11) is 1.77. The van der Waals surface area contributed by atoms with E-state index in [-0.39, 0.29) is 12.4 Å². The summed E-state index contributed by atoms with van der Waals surface area (Å²) in [5.74, 6) is -0.0224. The Morgan fingerprint density at radius 1 is 1.38 bits per heavy atom. The van der Waals surface area contributed by atoms with E-state index >= 15 is 0 Å². The number of amidine groups is 1. The fraction of sp³-hybridized carbons (Fsp3) is 0.462. The van der Waals surface area contributed by atoms with E-state index in [4.69, 9.17) is 10.9 Å². The molecule has 5 nitrogen and oxygen atoms in total. The minimum Gasteiger partial charge on any atom is -0.409 e. The Balaban J connectivity index is 2.51. The van der Waals surface area contributed by atoms with Gasteiger partial charge in [-0.2, -0.15) is 13.2 Å². The van der Waals surface area contributed by atoms with Gasteiger partial charge in [0.1, 0.15) is 6.61 Å². The maximum atomic E-state index is 11.9. The van der Waals surface area contributed by atoms with E-state index in [0.717, 1.165) is 5.69 Å². The quantitative estimate of drug-likeness (QED) is 0.266. The van der Waals surface area contributed by atoms with Gasteiger partial charge in [0.25, 0.3) is 0 Å². The predicted octanol–water partition coefficient (Wildman–Crippen LogP) is 2.19. The minimum absolute atomic E-state index is 0.00951. The van der Waals surface area contributed by atoms with Gasteiger partial charge in [-0.05, 0) is 18.6 Å². The third-order valence-electron chi connectivity index (χ3n) is 2.75. The summed E-state index contributed by atoms with van der Waals surface area (Å²) in [5.41, 5.74) is 6.86. The van der Waals surface area contributed by atoms with Gasteiger partial charge in [-0.15, -0.1) is 0 Å². The van der Waals surface area contributed by atoms with Gasteiger partial charge in [-0.3, -0.25) is 0 Å². The van der Waals surface area contributed by atoms with Crippen LogP contribution in [0.25, 0.3) is 0 Å². The Morgan fingerprint density at radius 3 is 2.67 bits per heavy atom. The summed E-state index contributed by atoms with van der Waals surface area (Å²) in [6, 6.07) is 7.02. The van der Waals surface area contributed by atoms with E-state index in [2.05, 4.69) is 9.89 Å². The van der Waals surface area contributed by atoms with Crippen molar-refractivity contribution in [1.82, 2.24) is 0 Å². The lowest BCUT2D eigenvalue weighted by Gasteiger charge is -2.22. The average Bonchev–Trinajstić information content (AvgIpc) is 2.44. The van der Waals surface area contributed by atoms with Crippen molar-refractivity contribution in [2.24, 2.45) is 10.9 Å². The summed E-state index contributed by atoms with van der Waals surface area (Å²) >= 11 is 0. The van der Waals surface area contributed by atoms with Crippen molar-refractivity contribution in [2.75, 3.05) is 31.7 Å². The van der Waals surface area contributed by atoms with Crippen molar-refractivity contribution in [3.8, 4) is 0 Å². The maximum absolute atomic E-state index is 11.9. The Bertz CT molecular complexity index is 478. The molecule has 0 spiro atoms. The molecule has 0 fully saturated rings. The molecule has 0 aliphatic rings. The number of ether oxygens (including phenoxy) is 1. The number of hydrogen-bond donors (Lipinski definition) is 2. The summed E-state index contributed by atoms with van der Waals surface area (Å²) in [4.78, 5) is 1.81. The van der Waals surface area contributed by atoms with Crippen molar-refractivity contribution in [3.05, 3.63) is 29.8 Å². The van der Waals surface area contributed by atoms with E-state index < -0.39 is 12.8 Å². The number of anilines is 1. The summed E-state index contributed by atoms with van der Waals surface area (Å²) in [6.45, 7) is -0.749. The van der Waals surface area contributed by atoms with Crippen LogP contribution >= 0.6 is 0 Å². The van der Waals surface area contributed by atoms with Crippen LogP contribution in [0.15, 0.2) is 29.4 Å². The lowest BCUT2D eigenvalue weighted by Crippen LogP contribution is -2.25. The van der Waals surface area contributed by atoms with Crippen LogP contribution in [0.3, 0.4) is 0 Å². The SMILES string of the molecule is CN(CCCOCC(F)(F)F)c1ccccc1/C(N)=N/O. The molecule has 0 unspecified atom stereocenters. The second-order valence-electron chi connectivity index (χ2n) is 4.45. The lowest BCUT2D eigenvalue weighted by atomic mass is 10.1. The fourth-order valence-corrected chi connectivity index (χ4v) is 1.79. The van der Waals surface area contributed by atoms with Crippen LogP contribution in [-0.2, 0) is 4.74 Å². The highest BCUT2D eigenvalue weighted by Crippen LogP contribution is 2.19. The first-order valence-electron chi connectivity index (χ1n) is 6.27. The van der Waals surface area contributed by atoms with Gasteiger partial charge in [0.15, 0.2) is 5.84 Å². The van der Waals surface area contributed by atoms with Gasteiger partial charge in [0.2, 0.25) is 0 Å². The van der Waals surface area contributed by atoms with Crippen LogP contribution in [-0.4, -0.2) is 44.0 Å². The molecule has 118 valence electrons. The van der Waals surface area contributed by atoms with Crippen LogP contribution < -0.4 is 10.6 Å². The molecule has 21 heavy (non-hydrogen) atoms. The van der Waals surface area contributed by atoms with Crippen LogP contribution in [0.4, 0.5) is 18.9 Å². The zero-order valence-corrected chi connectivity index (χ0v) is 11.6. The highest BCUT2D eigenvalue weighted by atomic mass is 19.4. The summed E-state index contributed by atoms with van der Waals surface area (Å²) in [6.07, 6.45) is -3.87. The highest BCUT2D eigenvalue weighted by molar-refractivity contribution is 6.02. The second kappa shape index (κ2) is 7.72.